The molecule has 2 saturated heterocycles. The summed E-state index contributed by atoms with van der Waals surface area (Å²) in [5, 5.41) is 11.7. The molecule has 2 fully saturated rings. The maximum atomic E-state index is 11.7. The summed E-state index contributed by atoms with van der Waals surface area (Å²) in [5.74, 6) is -1.33. The molecule has 0 aromatic rings. The van der Waals surface area contributed by atoms with Crippen molar-refractivity contribution in [2.75, 3.05) is 32.8 Å². The number of nitrogens with one attached hydrogen (secondary N) is 1. The molecule has 0 spiro atoms. The highest BCUT2D eigenvalue weighted by Crippen LogP contribution is 2.17. The van der Waals surface area contributed by atoms with Crippen molar-refractivity contribution in [3.8, 4) is 0 Å². The summed E-state index contributed by atoms with van der Waals surface area (Å²) >= 11 is 0. The lowest BCUT2D eigenvalue weighted by atomic mass is 9.99. The first-order valence-corrected chi connectivity index (χ1v) is 5.02. The third-order valence-corrected chi connectivity index (χ3v) is 2.75. The number of morpholine rings is 1. The average Bonchev–Trinajstić information content (AvgIpc) is 2.16. The van der Waals surface area contributed by atoms with Crippen molar-refractivity contribution in [2.45, 2.75) is 6.10 Å². The van der Waals surface area contributed by atoms with E-state index in [2.05, 4.69) is 5.32 Å². The van der Waals surface area contributed by atoms with Gasteiger partial charge < -0.3 is 20.1 Å². The second kappa shape index (κ2) is 4.16. The topological polar surface area (TPSA) is 78.9 Å². The Morgan fingerprint density at radius 2 is 2.13 bits per heavy atom. The molecular weight excluding hydrogens is 200 g/mol. The van der Waals surface area contributed by atoms with Crippen LogP contribution in [0.25, 0.3) is 0 Å². The summed E-state index contributed by atoms with van der Waals surface area (Å²) in [6, 6.07) is 0. The zero-order valence-electron chi connectivity index (χ0n) is 8.31. The highest BCUT2D eigenvalue weighted by Gasteiger charge is 2.38. The van der Waals surface area contributed by atoms with Gasteiger partial charge in [-0.3, -0.25) is 9.59 Å². The molecule has 1 amide bonds. The molecule has 6 heteroatoms. The van der Waals surface area contributed by atoms with Crippen LogP contribution in [0.5, 0.6) is 0 Å². The van der Waals surface area contributed by atoms with Gasteiger partial charge in [-0.1, -0.05) is 0 Å². The van der Waals surface area contributed by atoms with E-state index in [9.17, 15) is 9.59 Å². The van der Waals surface area contributed by atoms with Crippen molar-refractivity contribution >= 4 is 11.9 Å². The number of carboxylic acids is 1. The zero-order valence-corrected chi connectivity index (χ0v) is 8.31. The van der Waals surface area contributed by atoms with Crippen LogP contribution in [0.1, 0.15) is 0 Å². The first-order valence-electron chi connectivity index (χ1n) is 5.02. The van der Waals surface area contributed by atoms with Crippen LogP contribution in [0.3, 0.4) is 0 Å². The van der Waals surface area contributed by atoms with Crippen molar-refractivity contribution in [3.63, 3.8) is 0 Å². The van der Waals surface area contributed by atoms with Crippen molar-refractivity contribution < 1.29 is 19.4 Å². The van der Waals surface area contributed by atoms with Crippen molar-refractivity contribution in [3.05, 3.63) is 0 Å². The third kappa shape index (κ3) is 2.10. The minimum absolute atomic E-state index is 0.0975. The van der Waals surface area contributed by atoms with Gasteiger partial charge in [0.25, 0.3) is 5.91 Å². The van der Waals surface area contributed by atoms with E-state index in [1.165, 1.54) is 4.90 Å². The number of hydrogen-bond donors (Lipinski definition) is 2. The van der Waals surface area contributed by atoms with Gasteiger partial charge in [0.15, 0.2) is 0 Å². The number of carboxylic acid groups (broad SMARTS) is 1. The van der Waals surface area contributed by atoms with Crippen LogP contribution in [0.15, 0.2) is 0 Å². The molecule has 2 rings (SSSR count). The molecule has 2 aliphatic heterocycles. The number of carbonyl (C=O) groups is 2. The standard InChI is InChI=1S/C9H14N2O4/c12-8(7-3-10-1-2-15-7)11-4-6(5-11)9(13)14/h6-7,10H,1-5H2,(H,13,14). The summed E-state index contributed by atoms with van der Waals surface area (Å²) in [5.41, 5.74) is 0. The number of nitrogens with zero attached hydrogens (tertiary/aromatic N) is 1. The molecule has 15 heavy (non-hydrogen) atoms. The van der Waals surface area contributed by atoms with Gasteiger partial charge in [-0.15, -0.1) is 0 Å². The van der Waals surface area contributed by atoms with Crippen molar-refractivity contribution in [2.24, 2.45) is 5.92 Å². The van der Waals surface area contributed by atoms with E-state index in [-0.39, 0.29) is 5.91 Å². The molecule has 1 unspecified atom stereocenters. The molecule has 1 atom stereocenters. The Morgan fingerprint density at radius 1 is 1.40 bits per heavy atom. The molecule has 0 bridgehead atoms. The molecular formula is C9H14N2O4. The Balaban J connectivity index is 1.80. The van der Waals surface area contributed by atoms with Crippen molar-refractivity contribution in [1.82, 2.24) is 10.2 Å². The largest absolute Gasteiger partial charge is 0.481 e. The van der Waals surface area contributed by atoms with E-state index in [1.54, 1.807) is 0 Å². The lowest BCUT2D eigenvalue weighted by Gasteiger charge is -2.39. The lowest BCUT2D eigenvalue weighted by Crippen LogP contribution is -2.58. The second-order valence-electron chi connectivity index (χ2n) is 3.84. The minimum Gasteiger partial charge on any atom is -0.481 e. The van der Waals surface area contributed by atoms with Gasteiger partial charge in [0.05, 0.1) is 12.5 Å². The van der Waals surface area contributed by atoms with E-state index >= 15 is 0 Å². The second-order valence-corrected chi connectivity index (χ2v) is 3.84. The Hall–Kier alpha value is -1.14. The maximum Gasteiger partial charge on any atom is 0.310 e. The van der Waals surface area contributed by atoms with Gasteiger partial charge >= 0.3 is 5.97 Å². The maximum absolute atomic E-state index is 11.7. The summed E-state index contributed by atoms with van der Waals surface area (Å²) in [7, 11) is 0. The van der Waals surface area contributed by atoms with E-state index in [4.69, 9.17) is 9.84 Å². The number of carbonyl (C=O) groups excluding carboxylic acids is 1. The molecule has 0 aromatic carbocycles. The molecule has 84 valence electrons. The fraction of sp³-hybridized carbons (Fsp3) is 0.778. The zero-order chi connectivity index (χ0) is 10.8. The predicted octanol–water partition coefficient (Wildman–Crippen LogP) is -1.48. The number of hydrogen-bond acceptors (Lipinski definition) is 4. The first kappa shape index (κ1) is 10.4. The van der Waals surface area contributed by atoms with Gasteiger partial charge in [0.1, 0.15) is 6.10 Å². The normalized spacial score (nSPS) is 27.2. The lowest BCUT2D eigenvalue weighted by molar-refractivity contribution is -0.159. The van der Waals surface area contributed by atoms with Crippen LogP contribution >= 0.6 is 0 Å². The molecule has 2 N–H and O–H groups in total. The summed E-state index contributed by atoms with van der Waals surface area (Å²) in [4.78, 5) is 23.8. The van der Waals surface area contributed by atoms with Gasteiger partial charge in [-0.25, -0.2) is 0 Å². The Labute approximate surface area is 87.2 Å². The van der Waals surface area contributed by atoms with Gasteiger partial charge in [-0.2, -0.15) is 0 Å². The minimum atomic E-state index is -0.832. The SMILES string of the molecule is O=C(O)C1CN(C(=O)C2CNCCO2)C1. The summed E-state index contributed by atoms with van der Waals surface area (Å²) < 4.78 is 5.29. The first-order chi connectivity index (χ1) is 7.18. The van der Waals surface area contributed by atoms with E-state index in [0.717, 1.165) is 6.54 Å². The predicted molar refractivity (Wildman–Crippen MR) is 50.3 cm³/mol. The molecule has 0 aromatic heterocycles. The van der Waals surface area contributed by atoms with Gasteiger partial charge in [-0.05, 0) is 0 Å². The Morgan fingerprint density at radius 3 is 2.67 bits per heavy atom. The van der Waals surface area contributed by atoms with Crippen LogP contribution < -0.4 is 5.32 Å². The van der Waals surface area contributed by atoms with Crippen LogP contribution in [0.2, 0.25) is 0 Å². The molecule has 2 aliphatic rings. The smallest absolute Gasteiger partial charge is 0.310 e. The van der Waals surface area contributed by atoms with E-state index < -0.39 is 18.0 Å². The quantitative estimate of drug-likeness (QED) is 0.586. The van der Waals surface area contributed by atoms with Crippen molar-refractivity contribution in [1.29, 1.82) is 0 Å². The summed E-state index contributed by atoms with van der Waals surface area (Å²) in [6.07, 6.45) is -0.437. The molecule has 0 radical (unpaired) electrons. The monoisotopic (exact) mass is 214 g/mol. The van der Waals surface area contributed by atoms with Crippen LogP contribution in [-0.4, -0.2) is 60.8 Å². The fourth-order valence-electron chi connectivity index (χ4n) is 1.74. The average molecular weight is 214 g/mol. The van der Waals surface area contributed by atoms with E-state index in [0.29, 0.717) is 26.2 Å². The highest BCUT2D eigenvalue weighted by molar-refractivity contribution is 5.84. The fourth-order valence-corrected chi connectivity index (χ4v) is 1.74. The molecule has 0 saturated carbocycles. The molecule has 2 heterocycles. The van der Waals surface area contributed by atoms with Crippen LogP contribution in [-0.2, 0) is 14.3 Å². The van der Waals surface area contributed by atoms with Gasteiger partial charge in [0, 0.05) is 26.2 Å². The Kier molecular flexibility index (Phi) is 2.88. The van der Waals surface area contributed by atoms with Gasteiger partial charge in [0.2, 0.25) is 0 Å². The molecule has 0 aliphatic carbocycles. The third-order valence-electron chi connectivity index (χ3n) is 2.75. The number of ether oxygens (including phenoxy) is 1. The number of aliphatic carboxylic acids is 1. The number of amides is 1. The summed E-state index contributed by atoms with van der Waals surface area (Å²) in [6.45, 7) is 2.45. The molecule has 6 nitrogen and oxygen atoms in total. The van der Waals surface area contributed by atoms with Crippen LogP contribution in [0, 0.1) is 5.92 Å². The Bertz CT molecular complexity index is 269. The number of rotatable bonds is 2. The van der Waals surface area contributed by atoms with E-state index in [1.807, 2.05) is 0 Å². The highest BCUT2D eigenvalue weighted by atomic mass is 16.5. The number of likely N-dealkylation sites (tertiary alicyclic amines) is 1. The van der Waals surface area contributed by atoms with Crippen LogP contribution in [0.4, 0.5) is 0 Å².